The van der Waals surface area contributed by atoms with Crippen LogP contribution in [-0.4, -0.2) is 30.4 Å². The summed E-state index contributed by atoms with van der Waals surface area (Å²) in [7, 11) is 2.01. The van der Waals surface area contributed by atoms with Crippen LogP contribution < -0.4 is 5.73 Å². The first kappa shape index (κ1) is 11.4. The van der Waals surface area contributed by atoms with Gasteiger partial charge in [0.2, 0.25) is 0 Å². The summed E-state index contributed by atoms with van der Waals surface area (Å²) in [6.07, 6.45) is 1.16. The SMILES string of the molecule is CC(C)CC(C)N(C)CC(=N)N. The first-order valence-electron chi connectivity index (χ1n) is 4.46. The number of nitrogens with one attached hydrogen (secondary N) is 1. The van der Waals surface area contributed by atoms with Gasteiger partial charge in [0, 0.05) is 6.04 Å². The maximum absolute atomic E-state index is 7.14. The highest BCUT2D eigenvalue weighted by Gasteiger charge is 2.10. The minimum atomic E-state index is 0.244. The van der Waals surface area contributed by atoms with Gasteiger partial charge in [-0.2, -0.15) is 0 Å². The second-order valence-corrected chi connectivity index (χ2v) is 3.92. The number of hydrogen-bond donors (Lipinski definition) is 2. The Morgan fingerprint density at radius 1 is 1.42 bits per heavy atom. The van der Waals surface area contributed by atoms with Gasteiger partial charge >= 0.3 is 0 Å². The first-order valence-corrected chi connectivity index (χ1v) is 4.46. The van der Waals surface area contributed by atoms with Crippen LogP contribution in [0.2, 0.25) is 0 Å². The lowest BCUT2D eigenvalue weighted by Crippen LogP contribution is -2.37. The Morgan fingerprint density at radius 2 is 1.92 bits per heavy atom. The topological polar surface area (TPSA) is 53.1 Å². The third-order valence-electron chi connectivity index (χ3n) is 1.98. The summed E-state index contributed by atoms with van der Waals surface area (Å²) in [6, 6.07) is 0.508. The molecule has 3 nitrogen and oxygen atoms in total. The molecule has 0 aromatic rings. The fourth-order valence-corrected chi connectivity index (χ4v) is 1.29. The van der Waals surface area contributed by atoms with Crippen LogP contribution >= 0.6 is 0 Å². The highest BCUT2D eigenvalue weighted by atomic mass is 15.1. The van der Waals surface area contributed by atoms with E-state index >= 15 is 0 Å². The molecular formula is C9H21N3. The Labute approximate surface area is 75.4 Å². The fraction of sp³-hybridized carbons (Fsp3) is 0.889. The first-order chi connectivity index (χ1) is 5.43. The second-order valence-electron chi connectivity index (χ2n) is 3.92. The van der Waals surface area contributed by atoms with Crippen molar-refractivity contribution in [2.75, 3.05) is 13.6 Å². The lowest BCUT2D eigenvalue weighted by atomic mass is 10.0. The van der Waals surface area contributed by atoms with Crippen molar-refractivity contribution in [3.05, 3.63) is 0 Å². The van der Waals surface area contributed by atoms with E-state index in [1.807, 2.05) is 7.05 Å². The molecule has 0 saturated carbocycles. The van der Waals surface area contributed by atoms with Crippen molar-refractivity contribution in [2.45, 2.75) is 33.2 Å². The Hall–Kier alpha value is -0.570. The molecule has 0 aliphatic rings. The second kappa shape index (κ2) is 5.14. The number of likely N-dealkylation sites (N-methyl/N-ethyl adjacent to an activating group) is 1. The highest BCUT2D eigenvalue weighted by Crippen LogP contribution is 2.08. The summed E-state index contributed by atoms with van der Waals surface area (Å²) in [5, 5.41) is 7.14. The van der Waals surface area contributed by atoms with Crippen LogP contribution in [0.1, 0.15) is 27.2 Å². The van der Waals surface area contributed by atoms with E-state index in [-0.39, 0.29) is 5.84 Å². The molecule has 0 aromatic carbocycles. The van der Waals surface area contributed by atoms with E-state index in [0.717, 1.165) is 6.42 Å². The van der Waals surface area contributed by atoms with Crippen LogP contribution in [0.25, 0.3) is 0 Å². The van der Waals surface area contributed by atoms with Crippen molar-refractivity contribution in [3.63, 3.8) is 0 Å². The summed E-state index contributed by atoms with van der Waals surface area (Å²) < 4.78 is 0. The highest BCUT2D eigenvalue weighted by molar-refractivity contribution is 5.78. The maximum atomic E-state index is 7.14. The molecule has 72 valence electrons. The van der Waals surface area contributed by atoms with E-state index < -0.39 is 0 Å². The van der Waals surface area contributed by atoms with Crippen molar-refractivity contribution in [1.82, 2.24) is 4.90 Å². The van der Waals surface area contributed by atoms with E-state index in [2.05, 4.69) is 25.7 Å². The summed E-state index contributed by atoms with van der Waals surface area (Å²) in [6.45, 7) is 7.16. The molecule has 1 unspecified atom stereocenters. The zero-order valence-corrected chi connectivity index (χ0v) is 8.59. The van der Waals surface area contributed by atoms with Gasteiger partial charge in [0.25, 0.3) is 0 Å². The third-order valence-corrected chi connectivity index (χ3v) is 1.98. The quantitative estimate of drug-likeness (QED) is 0.484. The van der Waals surface area contributed by atoms with Gasteiger partial charge in [-0.25, -0.2) is 0 Å². The molecule has 3 heteroatoms. The lowest BCUT2D eigenvalue weighted by Gasteiger charge is -2.25. The smallest absolute Gasteiger partial charge is 0.105 e. The molecule has 3 N–H and O–H groups in total. The Kier molecular flexibility index (Phi) is 4.90. The molecule has 0 bridgehead atoms. The van der Waals surface area contributed by atoms with Crippen LogP contribution in [0, 0.1) is 11.3 Å². The molecule has 0 fully saturated rings. The average molecular weight is 171 g/mol. The van der Waals surface area contributed by atoms with E-state index in [1.165, 1.54) is 0 Å². The summed E-state index contributed by atoms with van der Waals surface area (Å²) in [5.74, 6) is 0.947. The van der Waals surface area contributed by atoms with Gasteiger partial charge in [-0.15, -0.1) is 0 Å². The molecule has 0 heterocycles. The average Bonchev–Trinajstić information content (AvgIpc) is 1.84. The Morgan fingerprint density at radius 3 is 2.25 bits per heavy atom. The number of hydrogen-bond acceptors (Lipinski definition) is 2. The van der Waals surface area contributed by atoms with Crippen molar-refractivity contribution >= 4 is 5.84 Å². The van der Waals surface area contributed by atoms with E-state index in [9.17, 15) is 0 Å². The van der Waals surface area contributed by atoms with Gasteiger partial charge in [-0.05, 0) is 26.3 Å². The van der Waals surface area contributed by atoms with Crippen molar-refractivity contribution in [1.29, 1.82) is 5.41 Å². The summed E-state index contributed by atoms with van der Waals surface area (Å²) in [5.41, 5.74) is 5.30. The van der Waals surface area contributed by atoms with Crippen molar-refractivity contribution < 1.29 is 0 Å². The molecule has 0 spiro atoms. The third kappa shape index (κ3) is 5.13. The Balaban J connectivity index is 3.76. The van der Waals surface area contributed by atoms with E-state index in [1.54, 1.807) is 0 Å². The number of amidine groups is 1. The molecule has 0 aliphatic carbocycles. The molecule has 0 rings (SSSR count). The monoisotopic (exact) mass is 171 g/mol. The zero-order chi connectivity index (χ0) is 9.72. The molecule has 12 heavy (non-hydrogen) atoms. The molecule has 0 saturated heterocycles. The predicted molar refractivity (Wildman–Crippen MR) is 53.5 cm³/mol. The van der Waals surface area contributed by atoms with Crippen LogP contribution in [-0.2, 0) is 0 Å². The van der Waals surface area contributed by atoms with Gasteiger partial charge < -0.3 is 5.73 Å². The standard InChI is InChI=1S/C9H21N3/c1-7(2)5-8(3)12(4)6-9(10)11/h7-8H,5-6H2,1-4H3,(H3,10,11). The minimum Gasteiger partial charge on any atom is -0.387 e. The number of nitrogens with zero attached hydrogens (tertiary/aromatic N) is 1. The van der Waals surface area contributed by atoms with Crippen LogP contribution in [0.3, 0.4) is 0 Å². The molecule has 0 amide bonds. The van der Waals surface area contributed by atoms with E-state index in [4.69, 9.17) is 11.1 Å². The molecule has 0 aliphatic heterocycles. The zero-order valence-electron chi connectivity index (χ0n) is 8.59. The normalized spacial score (nSPS) is 13.8. The van der Waals surface area contributed by atoms with Crippen LogP contribution in [0.4, 0.5) is 0 Å². The number of rotatable bonds is 5. The van der Waals surface area contributed by atoms with Crippen LogP contribution in [0.5, 0.6) is 0 Å². The summed E-state index contributed by atoms with van der Waals surface area (Å²) >= 11 is 0. The molecule has 0 radical (unpaired) electrons. The fourth-order valence-electron chi connectivity index (χ4n) is 1.29. The van der Waals surface area contributed by atoms with Gasteiger partial charge in [0.15, 0.2) is 0 Å². The van der Waals surface area contributed by atoms with Crippen molar-refractivity contribution in [2.24, 2.45) is 11.7 Å². The predicted octanol–water partition coefficient (Wildman–Crippen LogP) is 1.29. The van der Waals surface area contributed by atoms with E-state index in [0.29, 0.717) is 18.5 Å². The lowest BCUT2D eigenvalue weighted by molar-refractivity contribution is 0.255. The van der Waals surface area contributed by atoms with Gasteiger partial charge in [-0.1, -0.05) is 13.8 Å². The largest absolute Gasteiger partial charge is 0.387 e. The summed E-state index contributed by atoms with van der Waals surface area (Å²) in [4.78, 5) is 2.11. The molecule has 1 atom stereocenters. The molecule has 0 aromatic heterocycles. The van der Waals surface area contributed by atoms with Crippen molar-refractivity contribution in [3.8, 4) is 0 Å². The van der Waals surface area contributed by atoms with Gasteiger partial charge in [0.05, 0.1) is 6.54 Å². The minimum absolute atomic E-state index is 0.244. The molecular weight excluding hydrogens is 150 g/mol. The van der Waals surface area contributed by atoms with Gasteiger partial charge in [0.1, 0.15) is 5.84 Å². The van der Waals surface area contributed by atoms with Crippen LogP contribution in [0.15, 0.2) is 0 Å². The number of nitrogens with two attached hydrogens (primary N) is 1. The van der Waals surface area contributed by atoms with Gasteiger partial charge in [-0.3, -0.25) is 10.3 Å². The Bertz CT molecular complexity index is 143. The maximum Gasteiger partial charge on any atom is 0.105 e.